The Balaban J connectivity index is 1.39. The van der Waals surface area contributed by atoms with Gasteiger partial charge in [0.05, 0.1) is 32.1 Å². The number of β-amino-alcohol motifs (C(OH)–C–C–N with tert-alkyl or cyclic N) is 1. The lowest BCUT2D eigenvalue weighted by Crippen LogP contribution is -2.45. The first-order valence-corrected chi connectivity index (χ1v) is 11.8. The van der Waals surface area contributed by atoms with Gasteiger partial charge in [0.2, 0.25) is 0 Å². The zero-order chi connectivity index (χ0) is 23.0. The second kappa shape index (κ2) is 11.8. The van der Waals surface area contributed by atoms with Gasteiger partial charge in [-0.15, -0.1) is 0 Å². The number of hydrogen-bond acceptors (Lipinski definition) is 7. The number of halogens is 1. The Kier molecular flexibility index (Phi) is 8.58. The van der Waals surface area contributed by atoms with E-state index >= 15 is 0 Å². The maximum Gasteiger partial charge on any atom is 0.145 e. The van der Waals surface area contributed by atoms with Crippen molar-refractivity contribution in [2.24, 2.45) is 5.16 Å². The Morgan fingerprint density at radius 3 is 2.76 bits per heavy atom. The molecule has 7 nitrogen and oxygen atoms in total. The molecule has 2 aliphatic rings. The van der Waals surface area contributed by atoms with E-state index in [-0.39, 0.29) is 6.10 Å². The first-order valence-electron chi connectivity index (χ1n) is 11.4. The van der Waals surface area contributed by atoms with Crippen molar-refractivity contribution in [3.8, 4) is 5.75 Å². The highest BCUT2D eigenvalue weighted by atomic mass is 35.5. The molecule has 8 heteroatoms. The van der Waals surface area contributed by atoms with Gasteiger partial charge in [0.25, 0.3) is 0 Å². The van der Waals surface area contributed by atoms with Crippen molar-refractivity contribution in [1.29, 1.82) is 0 Å². The predicted molar refractivity (Wildman–Crippen MR) is 129 cm³/mol. The van der Waals surface area contributed by atoms with Crippen molar-refractivity contribution in [1.82, 2.24) is 9.80 Å². The number of nitrogens with zero attached hydrogens (tertiary/aromatic N) is 3. The van der Waals surface area contributed by atoms with E-state index in [1.165, 1.54) is 0 Å². The van der Waals surface area contributed by atoms with Crippen molar-refractivity contribution in [2.45, 2.75) is 25.2 Å². The summed E-state index contributed by atoms with van der Waals surface area (Å²) in [5.74, 6) is 0.826. The molecule has 0 aliphatic carbocycles. The van der Waals surface area contributed by atoms with Crippen LogP contribution in [0.4, 0.5) is 0 Å². The normalized spacial score (nSPS) is 19.9. The lowest BCUT2D eigenvalue weighted by molar-refractivity contribution is -0.00266. The zero-order valence-electron chi connectivity index (χ0n) is 19.0. The van der Waals surface area contributed by atoms with Crippen LogP contribution in [0, 0.1) is 0 Å². The Labute approximate surface area is 200 Å². The molecule has 0 bridgehead atoms. The van der Waals surface area contributed by atoms with Gasteiger partial charge in [0, 0.05) is 50.7 Å². The number of aliphatic hydroxyl groups excluding tert-OH is 1. The van der Waals surface area contributed by atoms with Crippen molar-refractivity contribution < 1.29 is 19.4 Å². The van der Waals surface area contributed by atoms with E-state index in [2.05, 4.69) is 21.0 Å². The third kappa shape index (κ3) is 7.16. The summed E-state index contributed by atoms with van der Waals surface area (Å²) in [5, 5.41) is 15.9. The molecule has 1 fully saturated rings. The van der Waals surface area contributed by atoms with E-state index in [1.807, 2.05) is 42.5 Å². The van der Waals surface area contributed by atoms with Gasteiger partial charge >= 0.3 is 0 Å². The number of aliphatic hydroxyl groups is 1. The van der Waals surface area contributed by atoms with Crippen LogP contribution >= 0.6 is 11.6 Å². The highest BCUT2D eigenvalue weighted by Gasteiger charge is 2.26. The fourth-order valence-electron chi connectivity index (χ4n) is 4.30. The Morgan fingerprint density at radius 1 is 1.21 bits per heavy atom. The van der Waals surface area contributed by atoms with Gasteiger partial charge in [0.15, 0.2) is 0 Å². The van der Waals surface area contributed by atoms with Crippen LogP contribution in [-0.4, -0.2) is 85.9 Å². The molecule has 178 valence electrons. The van der Waals surface area contributed by atoms with Crippen molar-refractivity contribution in [2.75, 3.05) is 53.0 Å². The summed E-state index contributed by atoms with van der Waals surface area (Å²) >= 11 is 6.01. The molecular weight excluding hydrogens is 442 g/mol. The van der Waals surface area contributed by atoms with Crippen LogP contribution in [0.25, 0.3) is 0 Å². The number of ether oxygens (including phenoxy) is 2. The second-order valence-electron chi connectivity index (χ2n) is 8.59. The maximum absolute atomic E-state index is 10.8. The average Bonchev–Trinajstić information content (AvgIpc) is 3.28. The number of morpholine rings is 1. The van der Waals surface area contributed by atoms with E-state index in [0.717, 1.165) is 55.3 Å². The lowest BCUT2D eigenvalue weighted by Gasteiger charge is -2.31. The SMILES string of the molecule is COc1cccc(CN(C[C@H](O)CN2CCOCC2)C[C@H]2CC(c3ccc(Cl)cc3)=NO2)c1. The van der Waals surface area contributed by atoms with E-state index in [4.69, 9.17) is 25.9 Å². The van der Waals surface area contributed by atoms with E-state index < -0.39 is 6.10 Å². The summed E-state index contributed by atoms with van der Waals surface area (Å²) in [4.78, 5) is 10.3. The van der Waals surface area contributed by atoms with Crippen LogP contribution in [0.5, 0.6) is 5.75 Å². The largest absolute Gasteiger partial charge is 0.497 e. The quantitative estimate of drug-likeness (QED) is 0.572. The molecule has 1 N–H and O–H groups in total. The third-order valence-electron chi connectivity index (χ3n) is 5.95. The number of methoxy groups -OCH3 is 1. The summed E-state index contributed by atoms with van der Waals surface area (Å²) in [5.41, 5.74) is 3.07. The van der Waals surface area contributed by atoms with Gasteiger partial charge in [-0.3, -0.25) is 9.80 Å². The molecule has 1 saturated heterocycles. The molecule has 0 unspecified atom stereocenters. The summed E-state index contributed by atoms with van der Waals surface area (Å²) in [6.45, 7) is 5.70. The van der Waals surface area contributed by atoms with E-state index in [9.17, 15) is 5.11 Å². The van der Waals surface area contributed by atoms with Gasteiger partial charge < -0.3 is 19.4 Å². The minimum absolute atomic E-state index is 0.0723. The van der Waals surface area contributed by atoms with E-state index in [1.54, 1.807) is 7.11 Å². The molecule has 0 aromatic heterocycles. The highest BCUT2D eigenvalue weighted by molar-refractivity contribution is 6.30. The van der Waals surface area contributed by atoms with Gasteiger partial charge in [-0.05, 0) is 35.4 Å². The minimum Gasteiger partial charge on any atom is -0.497 e. The average molecular weight is 474 g/mol. The number of hydrogen-bond donors (Lipinski definition) is 1. The molecule has 0 radical (unpaired) electrons. The van der Waals surface area contributed by atoms with Crippen LogP contribution in [0.15, 0.2) is 53.7 Å². The summed E-state index contributed by atoms with van der Waals surface area (Å²) in [6.07, 6.45) is 0.180. The van der Waals surface area contributed by atoms with Gasteiger partial charge in [-0.25, -0.2) is 0 Å². The summed E-state index contributed by atoms with van der Waals surface area (Å²) in [6, 6.07) is 15.7. The van der Waals surface area contributed by atoms with Crippen molar-refractivity contribution >= 4 is 17.3 Å². The Hall–Kier alpha value is -2.16. The second-order valence-corrected chi connectivity index (χ2v) is 9.03. The fourth-order valence-corrected chi connectivity index (χ4v) is 4.42. The molecule has 33 heavy (non-hydrogen) atoms. The number of oxime groups is 1. The Morgan fingerprint density at radius 2 is 2.00 bits per heavy atom. The van der Waals surface area contributed by atoms with Gasteiger partial charge in [-0.2, -0.15) is 0 Å². The van der Waals surface area contributed by atoms with Gasteiger partial charge in [-0.1, -0.05) is 41.0 Å². The van der Waals surface area contributed by atoms with Crippen LogP contribution in [0.2, 0.25) is 5.02 Å². The topological polar surface area (TPSA) is 66.8 Å². The fraction of sp³-hybridized carbons (Fsp3) is 0.480. The third-order valence-corrected chi connectivity index (χ3v) is 6.21. The molecule has 2 aromatic carbocycles. The first-order chi connectivity index (χ1) is 16.1. The minimum atomic E-state index is -0.466. The molecular formula is C25H32ClN3O4. The monoisotopic (exact) mass is 473 g/mol. The molecule has 0 spiro atoms. The van der Waals surface area contributed by atoms with Crippen LogP contribution in [0.1, 0.15) is 17.5 Å². The highest BCUT2D eigenvalue weighted by Crippen LogP contribution is 2.21. The smallest absolute Gasteiger partial charge is 0.145 e. The van der Waals surface area contributed by atoms with E-state index in [0.29, 0.717) is 31.2 Å². The molecule has 2 atom stereocenters. The number of rotatable bonds is 10. The van der Waals surface area contributed by atoms with Crippen molar-refractivity contribution in [3.05, 3.63) is 64.7 Å². The van der Waals surface area contributed by atoms with Crippen LogP contribution in [0.3, 0.4) is 0 Å². The Bertz CT molecular complexity index is 918. The zero-order valence-corrected chi connectivity index (χ0v) is 19.8. The molecule has 2 aromatic rings. The van der Waals surface area contributed by atoms with Crippen LogP contribution in [-0.2, 0) is 16.1 Å². The maximum atomic E-state index is 10.8. The predicted octanol–water partition coefficient (Wildman–Crippen LogP) is 3.04. The van der Waals surface area contributed by atoms with Crippen LogP contribution < -0.4 is 4.74 Å². The molecule has 2 aliphatic heterocycles. The first kappa shape index (κ1) is 24.0. The molecule has 4 rings (SSSR count). The lowest BCUT2D eigenvalue weighted by atomic mass is 10.0. The summed E-state index contributed by atoms with van der Waals surface area (Å²) in [7, 11) is 1.67. The summed E-state index contributed by atoms with van der Waals surface area (Å²) < 4.78 is 10.8. The molecule has 0 amide bonds. The molecule has 0 saturated carbocycles. The van der Waals surface area contributed by atoms with Crippen molar-refractivity contribution in [3.63, 3.8) is 0 Å². The molecule has 2 heterocycles. The standard InChI is InChI=1S/C25H32ClN3O4/c1-31-23-4-2-3-19(13-23)15-29(17-22(30)16-28-9-11-32-12-10-28)18-24-14-25(27-33-24)20-5-7-21(26)8-6-20/h2-8,13,22,24,30H,9-12,14-18H2,1H3/t22-,24-/m1/s1. The van der Waals surface area contributed by atoms with Gasteiger partial charge in [0.1, 0.15) is 11.9 Å². The number of benzene rings is 2.